The summed E-state index contributed by atoms with van der Waals surface area (Å²) in [4.78, 5) is 8.68. The maximum Gasteiger partial charge on any atom is 0.148 e. The summed E-state index contributed by atoms with van der Waals surface area (Å²) in [5.41, 5.74) is 3.07. The van der Waals surface area contributed by atoms with Crippen LogP contribution in [0.25, 0.3) is 0 Å². The molecule has 1 N–H and O–H groups in total. The van der Waals surface area contributed by atoms with E-state index in [2.05, 4.69) is 22.2 Å². The van der Waals surface area contributed by atoms with Crippen LogP contribution in [-0.2, 0) is 13.0 Å². The normalized spacial score (nSPS) is 10.5. The molecule has 2 heterocycles. The van der Waals surface area contributed by atoms with Gasteiger partial charge in [-0.15, -0.1) is 0 Å². The van der Waals surface area contributed by atoms with Crippen LogP contribution in [0.15, 0.2) is 30.6 Å². The number of aromatic nitrogens is 2. The number of pyridine rings is 2. The number of ether oxygens (including phenoxy) is 1. The van der Waals surface area contributed by atoms with Crippen molar-refractivity contribution in [1.82, 2.24) is 15.3 Å². The van der Waals surface area contributed by atoms with Gasteiger partial charge in [-0.05, 0) is 44.2 Å². The zero-order valence-electron chi connectivity index (χ0n) is 11.6. The lowest BCUT2D eigenvalue weighted by Gasteiger charge is -2.10. The summed E-state index contributed by atoms with van der Waals surface area (Å²) in [6.45, 7) is 4.83. The molecule has 2 aromatic rings. The monoisotopic (exact) mass is 257 g/mol. The lowest BCUT2D eigenvalue weighted by atomic mass is 10.2. The van der Waals surface area contributed by atoms with Crippen molar-refractivity contribution in [2.75, 3.05) is 7.05 Å². The van der Waals surface area contributed by atoms with Gasteiger partial charge < -0.3 is 10.1 Å². The van der Waals surface area contributed by atoms with Crippen molar-refractivity contribution in [2.24, 2.45) is 0 Å². The lowest BCUT2D eigenvalue weighted by Crippen LogP contribution is -2.05. The quantitative estimate of drug-likeness (QED) is 0.894. The molecular formula is C15H19N3O. The summed E-state index contributed by atoms with van der Waals surface area (Å²) in [6.07, 6.45) is 4.40. The molecule has 0 aromatic carbocycles. The highest BCUT2D eigenvalue weighted by Gasteiger charge is 2.06. The fraction of sp³-hybridized carbons (Fsp3) is 0.333. The zero-order chi connectivity index (χ0) is 13.7. The van der Waals surface area contributed by atoms with Crippen LogP contribution in [0.3, 0.4) is 0 Å². The Hall–Kier alpha value is -1.94. The van der Waals surface area contributed by atoms with Crippen LogP contribution in [0, 0.1) is 6.92 Å². The van der Waals surface area contributed by atoms with Crippen molar-refractivity contribution in [1.29, 1.82) is 0 Å². The van der Waals surface area contributed by atoms with Crippen LogP contribution in [0.1, 0.15) is 23.9 Å². The Morgan fingerprint density at radius 2 is 2.11 bits per heavy atom. The molecule has 2 rings (SSSR count). The van der Waals surface area contributed by atoms with Crippen LogP contribution >= 0.6 is 0 Å². The molecule has 4 heteroatoms. The first-order valence-electron chi connectivity index (χ1n) is 6.46. The van der Waals surface area contributed by atoms with Gasteiger partial charge in [-0.1, -0.05) is 6.92 Å². The topological polar surface area (TPSA) is 47.0 Å². The summed E-state index contributed by atoms with van der Waals surface area (Å²) < 4.78 is 5.89. The molecule has 4 nitrogen and oxygen atoms in total. The van der Waals surface area contributed by atoms with E-state index < -0.39 is 0 Å². The minimum Gasteiger partial charge on any atom is -0.454 e. The molecule has 0 saturated heterocycles. The highest BCUT2D eigenvalue weighted by molar-refractivity contribution is 5.35. The van der Waals surface area contributed by atoms with Gasteiger partial charge in [0, 0.05) is 18.4 Å². The van der Waals surface area contributed by atoms with Gasteiger partial charge in [0.05, 0.1) is 11.9 Å². The third-order valence-corrected chi connectivity index (χ3v) is 2.79. The second kappa shape index (κ2) is 6.29. The average Bonchev–Trinajstić information content (AvgIpc) is 2.41. The maximum atomic E-state index is 5.89. The Labute approximate surface area is 113 Å². The van der Waals surface area contributed by atoms with E-state index in [4.69, 9.17) is 4.74 Å². The molecular weight excluding hydrogens is 238 g/mol. The molecule has 19 heavy (non-hydrogen) atoms. The van der Waals surface area contributed by atoms with Crippen molar-refractivity contribution in [3.8, 4) is 11.5 Å². The maximum absolute atomic E-state index is 5.89. The molecule has 0 aliphatic rings. The van der Waals surface area contributed by atoms with E-state index in [1.165, 1.54) is 0 Å². The van der Waals surface area contributed by atoms with Crippen LogP contribution in [-0.4, -0.2) is 17.0 Å². The van der Waals surface area contributed by atoms with Crippen molar-refractivity contribution in [3.05, 3.63) is 47.5 Å². The van der Waals surface area contributed by atoms with E-state index >= 15 is 0 Å². The van der Waals surface area contributed by atoms with Crippen LogP contribution in [0.2, 0.25) is 0 Å². The molecule has 0 unspecified atom stereocenters. The van der Waals surface area contributed by atoms with Crippen LogP contribution in [0.4, 0.5) is 0 Å². The third kappa shape index (κ3) is 3.51. The fourth-order valence-corrected chi connectivity index (χ4v) is 1.89. The van der Waals surface area contributed by atoms with Crippen molar-refractivity contribution < 1.29 is 4.74 Å². The molecule has 0 saturated carbocycles. The molecule has 2 aromatic heterocycles. The van der Waals surface area contributed by atoms with E-state index in [-0.39, 0.29) is 0 Å². The van der Waals surface area contributed by atoms with Crippen molar-refractivity contribution in [3.63, 3.8) is 0 Å². The Morgan fingerprint density at radius 1 is 1.26 bits per heavy atom. The highest BCUT2D eigenvalue weighted by atomic mass is 16.5. The summed E-state index contributed by atoms with van der Waals surface area (Å²) in [6, 6.07) is 5.91. The summed E-state index contributed by atoms with van der Waals surface area (Å²) in [7, 11) is 1.91. The number of aryl methyl sites for hydroxylation is 2. The molecule has 0 spiro atoms. The van der Waals surface area contributed by atoms with Crippen molar-refractivity contribution >= 4 is 0 Å². The van der Waals surface area contributed by atoms with Gasteiger partial charge in [-0.3, -0.25) is 9.97 Å². The molecule has 0 radical (unpaired) electrons. The Kier molecular flexibility index (Phi) is 4.47. The van der Waals surface area contributed by atoms with E-state index in [0.717, 1.165) is 41.4 Å². The van der Waals surface area contributed by atoms with Gasteiger partial charge in [-0.25, -0.2) is 0 Å². The summed E-state index contributed by atoms with van der Waals surface area (Å²) in [5.74, 6) is 1.55. The second-order valence-electron chi connectivity index (χ2n) is 4.41. The second-order valence-corrected chi connectivity index (χ2v) is 4.41. The molecule has 100 valence electrons. The summed E-state index contributed by atoms with van der Waals surface area (Å²) in [5, 5.41) is 3.10. The van der Waals surface area contributed by atoms with E-state index in [1.807, 2.05) is 38.4 Å². The predicted octanol–water partition coefficient (Wildman–Crippen LogP) is 2.86. The van der Waals surface area contributed by atoms with Gasteiger partial charge in [0.15, 0.2) is 0 Å². The average molecular weight is 257 g/mol. The zero-order valence-corrected chi connectivity index (χ0v) is 11.6. The highest BCUT2D eigenvalue weighted by Crippen LogP contribution is 2.24. The van der Waals surface area contributed by atoms with Crippen LogP contribution in [0.5, 0.6) is 11.5 Å². The van der Waals surface area contributed by atoms with Gasteiger partial charge in [-0.2, -0.15) is 0 Å². The molecule has 0 amide bonds. The number of nitrogens with one attached hydrogen (secondary N) is 1. The number of hydrogen-bond donors (Lipinski definition) is 1. The minimum absolute atomic E-state index is 0.744. The molecule has 0 bridgehead atoms. The van der Waals surface area contributed by atoms with Gasteiger partial charge in [0.1, 0.15) is 11.5 Å². The Balaban J connectivity index is 2.23. The van der Waals surface area contributed by atoms with E-state index in [1.54, 1.807) is 6.20 Å². The molecule has 0 aliphatic carbocycles. The van der Waals surface area contributed by atoms with Crippen LogP contribution < -0.4 is 10.1 Å². The van der Waals surface area contributed by atoms with Gasteiger partial charge in [0.25, 0.3) is 0 Å². The lowest BCUT2D eigenvalue weighted by molar-refractivity contribution is 0.469. The van der Waals surface area contributed by atoms with E-state index in [9.17, 15) is 0 Å². The number of nitrogens with zero attached hydrogens (tertiary/aromatic N) is 2. The minimum atomic E-state index is 0.744. The first-order valence-corrected chi connectivity index (χ1v) is 6.46. The SMILES string of the molecule is CCc1nc(C)ccc1Oc1cncc(CNC)c1. The molecule has 0 aliphatic heterocycles. The van der Waals surface area contributed by atoms with Gasteiger partial charge >= 0.3 is 0 Å². The standard InChI is InChI=1S/C15H19N3O/c1-4-14-15(6-5-11(2)18-14)19-13-7-12(8-16-3)9-17-10-13/h5-7,9-10,16H,4,8H2,1-3H3. The number of hydrogen-bond acceptors (Lipinski definition) is 4. The van der Waals surface area contributed by atoms with Crippen molar-refractivity contribution in [2.45, 2.75) is 26.8 Å². The first kappa shape index (κ1) is 13.5. The van der Waals surface area contributed by atoms with E-state index in [0.29, 0.717) is 0 Å². The smallest absolute Gasteiger partial charge is 0.148 e. The summed E-state index contributed by atoms with van der Waals surface area (Å²) >= 11 is 0. The predicted molar refractivity (Wildman–Crippen MR) is 75.4 cm³/mol. The fourth-order valence-electron chi connectivity index (χ4n) is 1.89. The number of rotatable bonds is 5. The largest absolute Gasteiger partial charge is 0.454 e. The Bertz CT molecular complexity index is 555. The van der Waals surface area contributed by atoms with Gasteiger partial charge in [0.2, 0.25) is 0 Å². The third-order valence-electron chi connectivity index (χ3n) is 2.79. The molecule has 0 atom stereocenters. The first-order chi connectivity index (χ1) is 9.22. The molecule has 0 fully saturated rings. The Morgan fingerprint density at radius 3 is 2.84 bits per heavy atom.